The lowest BCUT2D eigenvalue weighted by atomic mass is 10.2. The van der Waals surface area contributed by atoms with E-state index in [1.54, 1.807) is 0 Å². The molecule has 1 rings (SSSR count). The third kappa shape index (κ3) is 3.79. The molecule has 0 aromatic rings. The van der Waals surface area contributed by atoms with Crippen molar-refractivity contribution in [1.29, 1.82) is 0 Å². The lowest BCUT2D eigenvalue weighted by Crippen LogP contribution is -1.83. The first-order chi connectivity index (χ1) is 5.33. The zero-order valence-electron chi connectivity index (χ0n) is 7.17. The molecule has 0 aliphatic carbocycles. The summed E-state index contributed by atoms with van der Waals surface area (Å²) in [6.07, 6.45) is 10.5. The van der Waals surface area contributed by atoms with Crippen molar-refractivity contribution in [1.82, 2.24) is 5.32 Å². The second-order valence-electron chi connectivity index (χ2n) is 2.81. The Labute approximate surface area is 68.5 Å². The van der Waals surface area contributed by atoms with Crippen LogP contribution in [0.4, 0.5) is 0 Å². The Kier molecular flexibility index (Phi) is 3.12. The molecule has 1 unspecified atom stereocenters. The molecule has 0 radical (unpaired) electrons. The van der Waals surface area contributed by atoms with Crippen molar-refractivity contribution in [3.05, 3.63) is 36.0 Å². The van der Waals surface area contributed by atoms with Gasteiger partial charge in [0.2, 0.25) is 0 Å². The fraction of sp³-hybridized carbons (Fsp3) is 0.400. The fourth-order valence-corrected chi connectivity index (χ4v) is 0.877. The number of nitrogens with one attached hydrogen (secondary N) is 1. The second kappa shape index (κ2) is 4.14. The maximum atomic E-state index is 3.23. The van der Waals surface area contributed by atoms with Crippen molar-refractivity contribution < 1.29 is 0 Å². The summed E-state index contributed by atoms with van der Waals surface area (Å²) in [5.41, 5.74) is 1.33. The van der Waals surface area contributed by atoms with Crippen LogP contribution in [0.25, 0.3) is 0 Å². The third-order valence-electron chi connectivity index (χ3n) is 1.57. The van der Waals surface area contributed by atoms with Crippen LogP contribution in [0.1, 0.15) is 13.8 Å². The van der Waals surface area contributed by atoms with Crippen molar-refractivity contribution in [3.8, 4) is 0 Å². The quantitative estimate of drug-likeness (QED) is 0.481. The second-order valence-corrected chi connectivity index (χ2v) is 2.81. The molecule has 1 N–H and O–H groups in total. The highest BCUT2D eigenvalue weighted by atomic mass is 15.1. The van der Waals surface area contributed by atoms with Crippen LogP contribution in [0.5, 0.6) is 0 Å². The summed E-state index contributed by atoms with van der Waals surface area (Å²) >= 11 is 0. The normalized spacial score (nSPS) is 25.3. The van der Waals surface area contributed by atoms with Crippen molar-refractivity contribution in [2.24, 2.45) is 0 Å². The van der Waals surface area contributed by atoms with Crippen LogP contribution in [0.15, 0.2) is 36.0 Å². The van der Waals surface area contributed by atoms with E-state index in [9.17, 15) is 0 Å². The smallest absolute Gasteiger partial charge is 0.0382 e. The zero-order valence-corrected chi connectivity index (χ0v) is 7.17. The summed E-state index contributed by atoms with van der Waals surface area (Å²) < 4.78 is 0. The van der Waals surface area contributed by atoms with Crippen molar-refractivity contribution >= 4 is 0 Å². The van der Waals surface area contributed by atoms with E-state index in [0.717, 1.165) is 6.54 Å². The molecule has 1 saturated heterocycles. The molecule has 11 heavy (non-hydrogen) atoms. The average molecular weight is 149 g/mol. The molecule has 0 bridgehead atoms. The van der Waals surface area contributed by atoms with E-state index in [0.29, 0.717) is 6.04 Å². The Morgan fingerprint density at radius 3 is 2.73 bits per heavy atom. The van der Waals surface area contributed by atoms with Gasteiger partial charge in [-0.1, -0.05) is 36.0 Å². The highest BCUT2D eigenvalue weighted by Gasteiger charge is 2.15. The summed E-state index contributed by atoms with van der Waals surface area (Å²) in [5, 5.41) is 3.23. The highest BCUT2D eigenvalue weighted by Crippen LogP contribution is 2.04. The summed E-state index contributed by atoms with van der Waals surface area (Å²) in [6.45, 7) is 5.29. The van der Waals surface area contributed by atoms with E-state index in [2.05, 4.69) is 30.5 Å². The molecule has 1 heteroatoms. The van der Waals surface area contributed by atoms with Crippen molar-refractivity contribution in [2.45, 2.75) is 19.9 Å². The number of allylic oxidation sites excluding steroid dienone is 5. The van der Waals surface area contributed by atoms with Crippen LogP contribution >= 0.6 is 0 Å². The van der Waals surface area contributed by atoms with Gasteiger partial charge in [-0.25, -0.2) is 0 Å². The van der Waals surface area contributed by atoms with Crippen molar-refractivity contribution in [2.75, 3.05) is 6.54 Å². The Balaban J connectivity index is 2.33. The predicted octanol–water partition coefficient (Wildman–Crippen LogP) is 2.04. The highest BCUT2D eigenvalue weighted by molar-refractivity contribution is 5.23. The molecular weight excluding hydrogens is 134 g/mol. The molecule has 1 heterocycles. The third-order valence-corrected chi connectivity index (χ3v) is 1.57. The summed E-state index contributed by atoms with van der Waals surface area (Å²) in [6, 6.07) is 0.644. The lowest BCUT2D eigenvalue weighted by Gasteiger charge is -1.87. The van der Waals surface area contributed by atoms with Gasteiger partial charge in [0.1, 0.15) is 0 Å². The van der Waals surface area contributed by atoms with E-state index in [1.807, 2.05) is 19.1 Å². The summed E-state index contributed by atoms with van der Waals surface area (Å²) in [5.74, 6) is 0. The predicted molar refractivity (Wildman–Crippen MR) is 49.5 cm³/mol. The SMILES string of the molecule is C/C=C/C=C\C(C)=C/C1CN1. The van der Waals surface area contributed by atoms with Gasteiger partial charge in [-0.05, 0) is 13.8 Å². The Hall–Kier alpha value is -0.820. The van der Waals surface area contributed by atoms with E-state index in [-0.39, 0.29) is 0 Å². The Morgan fingerprint density at radius 1 is 1.45 bits per heavy atom. The molecule has 0 amide bonds. The van der Waals surface area contributed by atoms with Gasteiger partial charge in [-0.2, -0.15) is 0 Å². The van der Waals surface area contributed by atoms with Crippen LogP contribution in [-0.4, -0.2) is 12.6 Å². The number of hydrogen-bond donors (Lipinski definition) is 1. The fourth-order valence-electron chi connectivity index (χ4n) is 0.877. The van der Waals surface area contributed by atoms with Gasteiger partial charge in [-0.15, -0.1) is 0 Å². The summed E-state index contributed by atoms with van der Waals surface area (Å²) in [4.78, 5) is 0. The Morgan fingerprint density at radius 2 is 2.18 bits per heavy atom. The van der Waals surface area contributed by atoms with Gasteiger partial charge in [-0.3, -0.25) is 0 Å². The maximum Gasteiger partial charge on any atom is 0.0382 e. The minimum absolute atomic E-state index is 0.644. The maximum absolute atomic E-state index is 3.23. The van der Waals surface area contributed by atoms with Crippen LogP contribution in [0.3, 0.4) is 0 Å². The first-order valence-corrected chi connectivity index (χ1v) is 4.04. The molecule has 1 atom stereocenters. The van der Waals surface area contributed by atoms with Gasteiger partial charge in [0, 0.05) is 12.6 Å². The first-order valence-electron chi connectivity index (χ1n) is 4.04. The molecular formula is C10H15N. The topological polar surface area (TPSA) is 21.9 Å². The molecule has 0 saturated carbocycles. The molecule has 1 fully saturated rings. The first kappa shape index (κ1) is 8.28. The minimum Gasteiger partial charge on any atom is -0.307 e. The molecule has 0 spiro atoms. The van der Waals surface area contributed by atoms with Gasteiger partial charge in [0.15, 0.2) is 0 Å². The number of rotatable bonds is 3. The van der Waals surface area contributed by atoms with Crippen LogP contribution < -0.4 is 5.32 Å². The van der Waals surface area contributed by atoms with Crippen LogP contribution in [0, 0.1) is 0 Å². The van der Waals surface area contributed by atoms with Crippen LogP contribution in [-0.2, 0) is 0 Å². The molecule has 1 aliphatic rings. The molecule has 1 aliphatic heterocycles. The molecule has 0 aromatic heterocycles. The zero-order chi connectivity index (χ0) is 8.10. The lowest BCUT2D eigenvalue weighted by molar-refractivity contribution is 1.18. The minimum atomic E-state index is 0.644. The van der Waals surface area contributed by atoms with Gasteiger partial charge in [0.05, 0.1) is 0 Å². The summed E-state index contributed by atoms with van der Waals surface area (Å²) in [7, 11) is 0. The Bertz CT molecular complexity index is 195. The van der Waals surface area contributed by atoms with E-state index >= 15 is 0 Å². The van der Waals surface area contributed by atoms with Gasteiger partial charge < -0.3 is 5.32 Å². The van der Waals surface area contributed by atoms with E-state index in [4.69, 9.17) is 0 Å². The standard InChI is InChI=1S/C10H15N/c1-3-4-5-6-9(2)7-10-8-11-10/h3-7,10-11H,8H2,1-2H3/b4-3+,6-5-,9-7-. The van der Waals surface area contributed by atoms with Gasteiger partial charge >= 0.3 is 0 Å². The molecule has 1 nitrogen and oxygen atoms in total. The number of hydrogen-bond acceptors (Lipinski definition) is 1. The van der Waals surface area contributed by atoms with E-state index in [1.165, 1.54) is 5.57 Å². The van der Waals surface area contributed by atoms with E-state index < -0.39 is 0 Å². The molecule has 0 aromatic carbocycles. The average Bonchev–Trinajstić information content (AvgIpc) is 2.72. The van der Waals surface area contributed by atoms with Crippen LogP contribution in [0.2, 0.25) is 0 Å². The van der Waals surface area contributed by atoms with Crippen molar-refractivity contribution in [3.63, 3.8) is 0 Å². The van der Waals surface area contributed by atoms with Gasteiger partial charge in [0.25, 0.3) is 0 Å². The monoisotopic (exact) mass is 149 g/mol. The largest absolute Gasteiger partial charge is 0.307 e. The molecule has 60 valence electrons.